The molecule has 0 spiro atoms. The van der Waals surface area contributed by atoms with Crippen LogP contribution in [-0.2, 0) is 29.2 Å². The average Bonchev–Trinajstić information content (AvgIpc) is 3.07. The van der Waals surface area contributed by atoms with Crippen molar-refractivity contribution < 1.29 is 14.3 Å². The first-order chi connectivity index (χ1) is 17.4. The van der Waals surface area contributed by atoms with Gasteiger partial charge in [-0.1, -0.05) is 18.2 Å². The molecule has 0 bridgehead atoms. The number of fused-ring (bicyclic) bond motifs is 1. The second-order valence-electron chi connectivity index (χ2n) is 9.96. The van der Waals surface area contributed by atoms with Crippen LogP contribution in [0.25, 0.3) is 0 Å². The number of anilines is 1. The van der Waals surface area contributed by atoms with Crippen LogP contribution in [0.3, 0.4) is 0 Å². The number of rotatable bonds is 8. The summed E-state index contributed by atoms with van der Waals surface area (Å²) in [6, 6.07) is 14.6. The van der Waals surface area contributed by atoms with E-state index in [9.17, 15) is 9.59 Å². The van der Waals surface area contributed by atoms with Crippen LogP contribution in [0, 0.1) is 5.92 Å². The molecule has 4 rings (SSSR count). The lowest BCUT2D eigenvalue weighted by atomic mass is 9.95. The zero-order chi connectivity index (χ0) is 25.5. The van der Waals surface area contributed by atoms with E-state index in [1.54, 1.807) is 0 Å². The van der Waals surface area contributed by atoms with Gasteiger partial charge in [0, 0.05) is 64.0 Å². The number of amides is 2. The number of nitrogens with zero attached hydrogens (tertiary/aromatic N) is 3. The number of carbonyl (C=O) groups is 2. The summed E-state index contributed by atoms with van der Waals surface area (Å²) in [7, 11) is 0. The highest BCUT2D eigenvalue weighted by Gasteiger charge is 2.28. The van der Waals surface area contributed by atoms with Crippen molar-refractivity contribution in [3.63, 3.8) is 0 Å². The molecule has 0 aliphatic carbocycles. The van der Waals surface area contributed by atoms with Gasteiger partial charge in [0.15, 0.2) is 0 Å². The quantitative estimate of drug-likeness (QED) is 0.601. The largest absolute Gasteiger partial charge is 0.492 e. The fourth-order valence-corrected chi connectivity index (χ4v) is 5.34. The molecule has 2 amide bonds. The number of benzene rings is 2. The van der Waals surface area contributed by atoms with Crippen LogP contribution >= 0.6 is 0 Å². The summed E-state index contributed by atoms with van der Waals surface area (Å²) >= 11 is 0. The molecule has 1 atom stereocenters. The van der Waals surface area contributed by atoms with Crippen LogP contribution < -0.4 is 10.1 Å². The van der Waals surface area contributed by atoms with Gasteiger partial charge in [0.2, 0.25) is 11.8 Å². The molecule has 0 radical (unpaired) electrons. The molecule has 7 nitrogen and oxygen atoms in total. The third-order valence-electron chi connectivity index (χ3n) is 7.20. The van der Waals surface area contributed by atoms with E-state index < -0.39 is 0 Å². The Hall–Kier alpha value is -2.90. The van der Waals surface area contributed by atoms with Crippen molar-refractivity contribution in [3.05, 3.63) is 59.2 Å². The summed E-state index contributed by atoms with van der Waals surface area (Å²) in [4.78, 5) is 31.0. The summed E-state index contributed by atoms with van der Waals surface area (Å²) in [6.07, 6.45) is 2.06. The summed E-state index contributed by atoms with van der Waals surface area (Å²) in [5.41, 5.74) is 4.52. The Labute approximate surface area is 215 Å². The fraction of sp³-hybridized carbons (Fsp3) is 0.517. The maximum Gasteiger partial charge on any atom is 0.226 e. The number of hydrogen-bond acceptors (Lipinski definition) is 5. The summed E-state index contributed by atoms with van der Waals surface area (Å²) in [5.74, 6) is 1.32. The minimum atomic E-state index is -0.0598. The van der Waals surface area contributed by atoms with Gasteiger partial charge in [-0.15, -0.1) is 0 Å². The molecule has 2 aromatic carbocycles. The monoisotopic (exact) mass is 492 g/mol. The lowest BCUT2D eigenvalue weighted by Gasteiger charge is -2.34. The SMILES string of the molecule is CCN(CC)C(=O)[C@H]1CCCN(Cc2ccc3c(c2)CN(Cc2ccc(NC(C)=O)cc2)CCO3)C1. The first-order valence-electron chi connectivity index (χ1n) is 13.3. The van der Waals surface area contributed by atoms with Crippen molar-refractivity contribution in [3.8, 4) is 5.75 Å². The first kappa shape index (κ1) is 26.2. The Bertz CT molecular complexity index is 1040. The number of likely N-dealkylation sites (tertiary alicyclic amines) is 1. The Kier molecular flexibility index (Phi) is 8.99. The number of carbonyl (C=O) groups excluding carboxylic acids is 2. The predicted octanol–water partition coefficient (Wildman–Crippen LogP) is 4.12. The maximum atomic E-state index is 12.9. The summed E-state index contributed by atoms with van der Waals surface area (Å²) in [5, 5.41) is 2.82. The smallest absolute Gasteiger partial charge is 0.226 e. The Morgan fingerprint density at radius 2 is 1.72 bits per heavy atom. The normalized spacial score (nSPS) is 18.6. The highest BCUT2D eigenvalue weighted by molar-refractivity contribution is 5.88. The molecule has 0 saturated carbocycles. The van der Waals surface area contributed by atoms with Crippen molar-refractivity contribution in [2.75, 3.05) is 44.6 Å². The second kappa shape index (κ2) is 12.4. The zero-order valence-electron chi connectivity index (χ0n) is 22.0. The molecule has 1 saturated heterocycles. The van der Waals surface area contributed by atoms with Gasteiger partial charge in [0.25, 0.3) is 0 Å². The Balaban J connectivity index is 1.38. The van der Waals surface area contributed by atoms with Crippen LogP contribution in [0.15, 0.2) is 42.5 Å². The van der Waals surface area contributed by atoms with Gasteiger partial charge in [-0.25, -0.2) is 0 Å². The van der Waals surface area contributed by atoms with Crippen LogP contribution in [0.5, 0.6) is 5.75 Å². The minimum absolute atomic E-state index is 0.0598. The topological polar surface area (TPSA) is 65.1 Å². The molecular formula is C29H40N4O3. The number of piperidine rings is 1. The van der Waals surface area contributed by atoms with E-state index in [0.29, 0.717) is 12.5 Å². The molecule has 2 heterocycles. The van der Waals surface area contributed by atoms with Gasteiger partial charge in [-0.05, 0) is 68.6 Å². The summed E-state index contributed by atoms with van der Waals surface area (Å²) < 4.78 is 6.07. The van der Waals surface area contributed by atoms with Crippen molar-refractivity contribution in [2.24, 2.45) is 5.92 Å². The zero-order valence-corrected chi connectivity index (χ0v) is 22.0. The number of ether oxygens (including phenoxy) is 1. The van der Waals surface area contributed by atoms with Gasteiger partial charge in [-0.2, -0.15) is 0 Å². The molecular weight excluding hydrogens is 452 g/mol. The molecule has 2 aliphatic rings. The lowest BCUT2D eigenvalue weighted by Crippen LogP contribution is -2.44. The van der Waals surface area contributed by atoms with Crippen molar-refractivity contribution in [1.29, 1.82) is 0 Å². The molecule has 2 aliphatic heterocycles. The molecule has 0 aromatic heterocycles. The lowest BCUT2D eigenvalue weighted by molar-refractivity contribution is -0.137. The van der Waals surface area contributed by atoms with E-state index in [4.69, 9.17) is 4.74 Å². The van der Waals surface area contributed by atoms with Crippen LogP contribution in [0.4, 0.5) is 5.69 Å². The Morgan fingerprint density at radius 3 is 2.44 bits per heavy atom. The highest BCUT2D eigenvalue weighted by atomic mass is 16.5. The molecule has 194 valence electrons. The minimum Gasteiger partial charge on any atom is -0.492 e. The van der Waals surface area contributed by atoms with Crippen molar-refractivity contribution in [2.45, 2.75) is 53.2 Å². The van der Waals surface area contributed by atoms with E-state index in [0.717, 1.165) is 76.6 Å². The average molecular weight is 493 g/mol. The fourth-order valence-electron chi connectivity index (χ4n) is 5.34. The standard InChI is InChI=1S/C29H40N4O3/c1-4-33(5-2)29(35)25-7-6-14-31(20-25)19-24-10-13-28-26(17-24)21-32(15-16-36-28)18-23-8-11-27(12-9-23)30-22(3)34/h8-13,17,25H,4-7,14-16,18-21H2,1-3H3,(H,30,34)/t25-/m0/s1. The van der Waals surface area contributed by atoms with Gasteiger partial charge in [0.1, 0.15) is 12.4 Å². The highest BCUT2D eigenvalue weighted by Crippen LogP contribution is 2.27. The maximum absolute atomic E-state index is 12.9. The summed E-state index contributed by atoms with van der Waals surface area (Å²) in [6.45, 7) is 13.1. The van der Waals surface area contributed by atoms with E-state index in [2.05, 4.69) is 59.3 Å². The van der Waals surface area contributed by atoms with Gasteiger partial charge in [-0.3, -0.25) is 19.4 Å². The molecule has 1 N–H and O–H groups in total. The number of nitrogens with one attached hydrogen (secondary N) is 1. The second-order valence-corrected chi connectivity index (χ2v) is 9.96. The van der Waals surface area contributed by atoms with E-state index in [1.807, 2.05) is 17.0 Å². The molecule has 2 aromatic rings. The van der Waals surface area contributed by atoms with E-state index >= 15 is 0 Å². The van der Waals surface area contributed by atoms with Crippen LogP contribution in [0.2, 0.25) is 0 Å². The van der Waals surface area contributed by atoms with Crippen LogP contribution in [0.1, 0.15) is 50.3 Å². The van der Waals surface area contributed by atoms with Gasteiger partial charge in [0.05, 0.1) is 5.92 Å². The first-order valence-corrected chi connectivity index (χ1v) is 13.3. The molecule has 7 heteroatoms. The molecule has 36 heavy (non-hydrogen) atoms. The molecule has 0 unspecified atom stereocenters. The third-order valence-corrected chi connectivity index (χ3v) is 7.20. The predicted molar refractivity (Wildman–Crippen MR) is 143 cm³/mol. The van der Waals surface area contributed by atoms with Crippen LogP contribution in [-0.4, -0.2) is 65.8 Å². The van der Waals surface area contributed by atoms with E-state index in [-0.39, 0.29) is 11.8 Å². The number of hydrogen-bond donors (Lipinski definition) is 1. The van der Waals surface area contributed by atoms with Gasteiger partial charge < -0.3 is 15.0 Å². The third kappa shape index (κ3) is 6.86. The van der Waals surface area contributed by atoms with Crippen molar-refractivity contribution in [1.82, 2.24) is 14.7 Å². The van der Waals surface area contributed by atoms with E-state index in [1.165, 1.54) is 23.6 Å². The molecule has 1 fully saturated rings. The Morgan fingerprint density at radius 1 is 1.00 bits per heavy atom. The van der Waals surface area contributed by atoms with Gasteiger partial charge >= 0.3 is 0 Å². The van der Waals surface area contributed by atoms with Crippen molar-refractivity contribution >= 4 is 17.5 Å².